The second-order valence-electron chi connectivity index (χ2n) is 6.24. The minimum Gasteiger partial charge on any atom is -0.486 e. The molecule has 0 bridgehead atoms. The van der Waals surface area contributed by atoms with Crippen LogP contribution < -0.4 is 14.8 Å². The number of ketones is 1. The Bertz CT molecular complexity index is 869. The van der Waals surface area contributed by atoms with Gasteiger partial charge in [0.2, 0.25) is 5.91 Å². The Hall–Kier alpha value is -2.96. The van der Waals surface area contributed by atoms with E-state index in [0.717, 1.165) is 12.1 Å². The second-order valence-corrected chi connectivity index (χ2v) is 6.24. The first-order valence-electron chi connectivity index (χ1n) is 8.61. The normalized spacial score (nSPS) is 13.7. The third-order valence-corrected chi connectivity index (χ3v) is 4.25. The number of hydrogen-bond donors (Lipinski definition) is 1. The van der Waals surface area contributed by atoms with Crippen molar-refractivity contribution in [1.29, 1.82) is 0 Å². The van der Waals surface area contributed by atoms with Crippen LogP contribution in [0.1, 0.15) is 41.7 Å². The highest BCUT2D eigenvalue weighted by atomic mass is 19.1. The zero-order valence-corrected chi connectivity index (χ0v) is 14.8. The van der Waals surface area contributed by atoms with Crippen molar-refractivity contribution in [3.8, 4) is 11.5 Å². The highest BCUT2D eigenvalue weighted by Gasteiger charge is 2.18. The molecule has 0 saturated heterocycles. The SMILES string of the molecule is CC(NC(=O)CCC(=O)c1ccc2c(c1)OCCO2)c1ccc(F)cc1F. The lowest BCUT2D eigenvalue weighted by atomic mass is 10.0. The lowest BCUT2D eigenvalue weighted by molar-refractivity contribution is -0.121. The molecule has 0 spiro atoms. The number of halogens is 2. The van der Waals surface area contributed by atoms with Gasteiger partial charge in [-0.25, -0.2) is 8.78 Å². The number of amides is 1. The summed E-state index contributed by atoms with van der Waals surface area (Å²) in [6.45, 7) is 2.48. The number of carbonyl (C=O) groups is 2. The molecule has 1 heterocycles. The first-order valence-corrected chi connectivity index (χ1v) is 8.61. The van der Waals surface area contributed by atoms with Crippen LogP contribution in [0.15, 0.2) is 36.4 Å². The predicted octanol–water partition coefficient (Wildman–Crippen LogP) is 3.58. The van der Waals surface area contributed by atoms with Gasteiger partial charge in [0, 0.05) is 30.0 Å². The van der Waals surface area contributed by atoms with Gasteiger partial charge in [0.15, 0.2) is 17.3 Å². The molecule has 1 aliphatic heterocycles. The molecule has 0 fully saturated rings. The number of ether oxygens (including phenoxy) is 2. The summed E-state index contributed by atoms with van der Waals surface area (Å²) in [5.74, 6) is -0.905. The van der Waals surface area contributed by atoms with E-state index in [0.29, 0.717) is 30.3 Å². The lowest BCUT2D eigenvalue weighted by Crippen LogP contribution is -2.27. The molecule has 3 rings (SSSR count). The van der Waals surface area contributed by atoms with Gasteiger partial charge in [-0.05, 0) is 31.2 Å². The largest absolute Gasteiger partial charge is 0.486 e. The van der Waals surface area contributed by atoms with E-state index in [1.165, 1.54) is 6.07 Å². The Balaban J connectivity index is 1.54. The molecule has 0 aliphatic carbocycles. The van der Waals surface area contributed by atoms with E-state index in [1.807, 2.05) is 0 Å². The Morgan fingerprint density at radius 1 is 1.04 bits per heavy atom. The molecule has 1 atom stereocenters. The first-order chi connectivity index (χ1) is 12.9. The van der Waals surface area contributed by atoms with Crippen molar-refractivity contribution in [2.75, 3.05) is 13.2 Å². The quantitative estimate of drug-likeness (QED) is 0.784. The van der Waals surface area contributed by atoms with Crippen LogP contribution in [0.2, 0.25) is 0 Å². The standard InChI is InChI=1S/C20H19F2NO4/c1-12(15-4-3-14(21)11-16(15)22)23-20(25)7-5-17(24)13-2-6-18-19(10-13)27-9-8-26-18/h2-4,6,10-12H,5,7-9H2,1H3,(H,23,25). The van der Waals surface area contributed by atoms with E-state index < -0.39 is 23.6 Å². The molecule has 0 saturated carbocycles. The highest BCUT2D eigenvalue weighted by Crippen LogP contribution is 2.31. The zero-order chi connectivity index (χ0) is 19.4. The summed E-state index contributed by atoms with van der Waals surface area (Å²) in [6, 6.07) is 7.45. The third-order valence-electron chi connectivity index (χ3n) is 4.25. The summed E-state index contributed by atoms with van der Waals surface area (Å²) in [6.07, 6.45) is -0.0372. The third kappa shape index (κ3) is 4.61. The maximum absolute atomic E-state index is 13.8. The van der Waals surface area contributed by atoms with E-state index in [2.05, 4.69) is 5.32 Å². The molecule has 5 nitrogen and oxygen atoms in total. The number of benzene rings is 2. The number of Topliss-reactive ketones (excluding diaryl/α,β-unsaturated/α-hetero) is 1. The maximum Gasteiger partial charge on any atom is 0.220 e. The smallest absolute Gasteiger partial charge is 0.220 e. The van der Waals surface area contributed by atoms with Crippen LogP contribution in [0.4, 0.5) is 8.78 Å². The van der Waals surface area contributed by atoms with Gasteiger partial charge in [-0.2, -0.15) is 0 Å². The summed E-state index contributed by atoms with van der Waals surface area (Å²) in [5, 5.41) is 2.61. The monoisotopic (exact) mass is 375 g/mol. The molecule has 7 heteroatoms. The summed E-state index contributed by atoms with van der Waals surface area (Å²) < 4.78 is 37.6. The molecule has 142 valence electrons. The molecule has 1 amide bonds. The maximum atomic E-state index is 13.8. The molecule has 0 aromatic heterocycles. The second kappa shape index (κ2) is 8.16. The summed E-state index contributed by atoms with van der Waals surface area (Å²) >= 11 is 0. The van der Waals surface area contributed by atoms with Crippen molar-refractivity contribution in [2.24, 2.45) is 0 Å². The van der Waals surface area contributed by atoms with Gasteiger partial charge in [0.05, 0.1) is 6.04 Å². The number of fused-ring (bicyclic) bond motifs is 1. The van der Waals surface area contributed by atoms with Gasteiger partial charge in [-0.15, -0.1) is 0 Å². The summed E-state index contributed by atoms with van der Waals surface area (Å²) in [4.78, 5) is 24.4. The Labute approximate surface area is 155 Å². The van der Waals surface area contributed by atoms with Crippen LogP contribution in [0.3, 0.4) is 0 Å². The van der Waals surface area contributed by atoms with E-state index >= 15 is 0 Å². The summed E-state index contributed by atoms with van der Waals surface area (Å²) in [5.41, 5.74) is 0.618. The zero-order valence-electron chi connectivity index (χ0n) is 14.8. The summed E-state index contributed by atoms with van der Waals surface area (Å²) in [7, 11) is 0. The van der Waals surface area contributed by atoms with Crippen molar-refractivity contribution >= 4 is 11.7 Å². The fourth-order valence-electron chi connectivity index (χ4n) is 2.83. The lowest BCUT2D eigenvalue weighted by Gasteiger charge is -2.18. The fraction of sp³-hybridized carbons (Fsp3) is 0.300. The molecular formula is C20H19F2NO4. The van der Waals surface area contributed by atoms with Crippen molar-refractivity contribution in [2.45, 2.75) is 25.8 Å². The minimum atomic E-state index is -0.727. The van der Waals surface area contributed by atoms with Crippen LogP contribution in [0, 0.1) is 11.6 Å². The number of rotatable bonds is 6. The molecule has 1 unspecified atom stereocenters. The van der Waals surface area contributed by atoms with Crippen molar-refractivity contribution < 1.29 is 27.8 Å². The fourth-order valence-corrected chi connectivity index (χ4v) is 2.83. The van der Waals surface area contributed by atoms with E-state index in [9.17, 15) is 18.4 Å². The number of nitrogens with one attached hydrogen (secondary N) is 1. The topological polar surface area (TPSA) is 64.6 Å². The average Bonchev–Trinajstić information content (AvgIpc) is 2.65. The van der Waals surface area contributed by atoms with Crippen molar-refractivity contribution in [3.05, 3.63) is 59.2 Å². The van der Waals surface area contributed by atoms with Crippen LogP contribution in [0.25, 0.3) is 0 Å². The van der Waals surface area contributed by atoms with Crippen LogP contribution in [0.5, 0.6) is 11.5 Å². The molecule has 27 heavy (non-hydrogen) atoms. The highest BCUT2D eigenvalue weighted by molar-refractivity contribution is 5.98. The molecule has 2 aromatic carbocycles. The predicted molar refractivity (Wildman–Crippen MR) is 93.9 cm³/mol. The van der Waals surface area contributed by atoms with Gasteiger partial charge < -0.3 is 14.8 Å². The van der Waals surface area contributed by atoms with Gasteiger partial charge in [-0.1, -0.05) is 6.07 Å². The molecule has 1 N–H and O–H groups in total. The van der Waals surface area contributed by atoms with E-state index in [-0.39, 0.29) is 24.2 Å². The molecule has 1 aliphatic rings. The van der Waals surface area contributed by atoms with Gasteiger partial charge >= 0.3 is 0 Å². The Morgan fingerprint density at radius 3 is 2.52 bits per heavy atom. The molecule has 0 radical (unpaired) electrons. The van der Waals surface area contributed by atoms with Crippen molar-refractivity contribution in [3.63, 3.8) is 0 Å². The average molecular weight is 375 g/mol. The van der Waals surface area contributed by atoms with Gasteiger partial charge in [-0.3, -0.25) is 9.59 Å². The van der Waals surface area contributed by atoms with E-state index in [1.54, 1.807) is 25.1 Å². The van der Waals surface area contributed by atoms with Crippen molar-refractivity contribution in [1.82, 2.24) is 5.32 Å². The minimum absolute atomic E-state index is 0.00406. The number of carbonyl (C=O) groups excluding carboxylic acids is 2. The molecular weight excluding hydrogens is 356 g/mol. The van der Waals surface area contributed by atoms with Crippen LogP contribution in [-0.4, -0.2) is 24.9 Å². The van der Waals surface area contributed by atoms with E-state index in [4.69, 9.17) is 9.47 Å². The first kappa shape index (κ1) is 18.8. The molecule has 2 aromatic rings. The van der Waals surface area contributed by atoms with Crippen LogP contribution >= 0.6 is 0 Å². The Morgan fingerprint density at radius 2 is 1.78 bits per heavy atom. The number of hydrogen-bond acceptors (Lipinski definition) is 4. The van der Waals surface area contributed by atoms with Crippen LogP contribution in [-0.2, 0) is 4.79 Å². The van der Waals surface area contributed by atoms with Gasteiger partial charge in [0.1, 0.15) is 24.8 Å². The Kier molecular flexibility index (Phi) is 5.69. The van der Waals surface area contributed by atoms with Gasteiger partial charge in [0.25, 0.3) is 0 Å².